The molecule has 6 nitrogen and oxygen atoms in total. The van der Waals surface area contributed by atoms with Crippen LogP contribution in [0.3, 0.4) is 0 Å². The number of amides is 1. The average molecular weight is 369 g/mol. The second-order valence-corrected chi connectivity index (χ2v) is 6.81. The minimum Gasteiger partial charge on any atom is -0.493 e. The number of fused-ring (bicyclic) bond motifs is 1. The van der Waals surface area contributed by atoms with Crippen LogP contribution in [0, 0.1) is 0 Å². The van der Waals surface area contributed by atoms with Gasteiger partial charge in [0.25, 0.3) is 5.91 Å². The van der Waals surface area contributed by atoms with E-state index in [0.717, 1.165) is 11.1 Å². The van der Waals surface area contributed by atoms with Crippen molar-refractivity contribution in [3.63, 3.8) is 0 Å². The van der Waals surface area contributed by atoms with Gasteiger partial charge in [0.05, 0.1) is 19.1 Å². The van der Waals surface area contributed by atoms with E-state index in [1.165, 1.54) is 7.11 Å². The standard InChI is InChI=1S/C21H23NO5/c1-13(2)27-18-9-8-14(10-19(18)26-3)20(23)22-11-15-6-4-5-7-16(15)17(12-22)21(24)25/h4-10,13,17H,11-12H2,1-3H3,(H,24,25). The van der Waals surface area contributed by atoms with E-state index in [9.17, 15) is 14.7 Å². The molecular formula is C21H23NO5. The smallest absolute Gasteiger partial charge is 0.312 e. The Morgan fingerprint density at radius 1 is 1.15 bits per heavy atom. The van der Waals surface area contributed by atoms with Gasteiger partial charge in [0.1, 0.15) is 0 Å². The third-order valence-electron chi connectivity index (χ3n) is 4.55. The Bertz CT molecular complexity index is 861. The number of carbonyl (C=O) groups is 2. The number of aliphatic carboxylic acids is 1. The molecule has 0 bridgehead atoms. The highest BCUT2D eigenvalue weighted by molar-refractivity contribution is 5.95. The molecule has 1 N–H and O–H groups in total. The summed E-state index contributed by atoms with van der Waals surface area (Å²) in [4.78, 5) is 26.3. The number of ether oxygens (including phenoxy) is 2. The fourth-order valence-electron chi connectivity index (χ4n) is 3.31. The fourth-order valence-corrected chi connectivity index (χ4v) is 3.31. The molecule has 0 aromatic heterocycles. The zero-order valence-electron chi connectivity index (χ0n) is 15.6. The maximum atomic E-state index is 13.0. The van der Waals surface area contributed by atoms with Gasteiger partial charge >= 0.3 is 5.97 Å². The number of rotatable bonds is 5. The molecule has 1 heterocycles. The van der Waals surface area contributed by atoms with Crippen LogP contribution in [-0.2, 0) is 11.3 Å². The first kappa shape index (κ1) is 18.8. The molecule has 142 valence electrons. The van der Waals surface area contributed by atoms with Crippen molar-refractivity contribution in [1.29, 1.82) is 0 Å². The van der Waals surface area contributed by atoms with Crippen molar-refractivity contribution in [2.24, 2.45) is 0 Å². The lowest BCUT2D eigenvalue weighted by Crippen LogP contribution is -2.40. The maximum absolute atomic E-state index is 13.0. The SMILES string of the molecule is COc1cc(C(=O)N2Cc3ccccc3C(C(=O)O)C2)ccc1OC(C)C. The summed E-state index contributed by atoms with van der Waals surface area (Å²) in [6.45, 7) is 4.34. The largest absolute Gasteiger partial charge is 0.493 e. The predicted octanol–water partition coefficient (Wildman–Crippen LogP) is 3.31. The first-order chi connectivity index (χ1) is 12.9. The quantitative estimate of drug-likeness (QED) is 0.875. The lowest BCUT2D eigenvalue weighted by molar-refractivity contribution is -0.139. The summed E-state index contributed by atoms with van der Waals surface area (Å²) in [5.41, 5.74) is 2.06. The monoisotopic (exact) mass is 369 g/mol. The summed E-state index contributed by atoms with van der Waals surface area (Å²) in [6.07, 6.45) is -0.0182. The van der Waals surface area contributed by atoms with Crippen molar-refractivity contribution in [2.75, 3.05) is 13.7 Å². The molecule has 2 aromatic rings. The van der Waals surface area contributed by atoms with Gasteiger partial charge in [0.2, 0.25) is 0 Å². The highest BCUT2D eigenvalue weighted by atomic mass is 16.5. The summed E-state index contributed by atoms with van der Waals surface area (Å²) < 4.78 is 11.0. The van der Waals surface area contributed by atoms with Crippen LogP contribution in [0.4, 0.5) is 0 Å². The molecule has 1 atom stereocenters. The second-order valence-electron chi connectivity index (χ2n) is 6.81. The van der Waals surface area contributed by atoms with Crippen molar-refractivity contribution in [3.05, 3.63) is 59.2 Å². The van der Waals surface area contributed by atoms with Gasteiger partial charge in [-0.15, -0.1) is 0 Å². The van der Waals surface area contributed by atoms with Crippen molar-refractivity contribution in [2.45, 2.75) is 32.4 Å². The number of nitrogens with zero attached hydrogens (tertiary/aromatic N) is 1. The highest BCUT2D eigenvalue weighted by Crippen LogP contribution is 2.32. The van der Waals surface area contributed by atoms with Crippen LogP contribution < -0.4 is 9.47 Å². The number of carbonyl (C=O) groups excluding carboxylic acids is 1. The molecule has 1 unspecified atom stereocenters. The van der Waals surface area contributed by atoms with Crippen LogP contribution in [-0.4, -0.2) is 41.6 Å². The highest BCUT2D eigenvalue weighted by Gasteiger charge is 2.33. The van der Waals surface area contributed by atoms with Gasteiger partial charge in [-0.2, -0.15) is 0 Å². The second kappa shape index (κ2) is 7.70. The molecule has 1 amide bonds. The molecule has 0 saturated heterocycles. The molecule has 2 aromatic carbocycles. The number of hydrogen-bond donors (Lipinski definition) is 1. The Hall–Kier alpha value is -3.02. The molecule has 0 radical (unpaired) electrons. The van der Waals surface area contributed by atoms with Gasteiger partial charge in [-0.25, -0.2) is 0 Å². The molecule has 1 aliphatic rings. The van der Waals surface area contributed by atoms with Gasteiger partial charge < -0.3 is 19.5 Å². The average Bonchev–Trinajstić information content (AvgIpc) is 2.66. The Balaban J connectivity index is 1.89. The van der Waals surface area contributed by atoms with Gasteiger partial charge in [-0.3, -0.25) is 9.59 Å². The molecular weight excluding hydrogens is 346 g/mol. The van der Waals surface area contributed by atoms with Crippen LogP contribution >= 0.6 is 0 Å². The lowest BCUT2D eigenvalue weighted by Gasteiger charge is -2.33. The van der Waals surface area contributed by atoms with Gasteiger partial charge in [0, 0.05) is 18.7 Å². The number of carboxylic acids is 1. The number of carboxylic acid groups (broad SMARTS) is 1. The lowest BCUT2D eigenvalue weighted by atomic mass is 9.89. The molecule has 27 heavy (non-hydrogen) atoms. The number of methoxy groups -OCH3 is 1. The maximum Gasteiger partial charge on any atom is 0.312 e. The molecule has 0 aliphatic carbocycles. The van der Waals surface area contributed by atoms with Crippen LogP contribution in [0.1, 0.15) is 41.3 Å². The first-order valence-electron chi connectivity index (χ1n) is 8.85. The van der Waals surface area contributed by atoms with Gasteiger partial charge in [0.15, 0.2) is 11.5 Å². The molecule has 0 saturated carbocycles. The normalized spacial score (nSPS) is 16.0. The Labute approximate surface area is 158 Å². The molecule has 1 aliphatic heterocycles. The van der Waals surface area contributed by atoms with Gasteiger partial charge in [-0.05, 0) is 43.2 Å². The Morgan fingerprint density at radius 3 is 2.56 bits per heavy atom. The topological polar surface area (TPSA) is 76.1 Å². The van der Waals surface area contributed by atoms with E-state index in [-0.39, 0.29) is 18.6 Å². The van der Waals surface area contributed by atoms with E-state index in [1.807, 2.05) is 38.1 Å². The minimum absolute atomic E-state index is 0.0182. The van der Waals surface area contributed by atoms with Gasteiger partial charge in [-0.1, -0.05) is 24.3 Å². The third-order valence-corrected chi connectivity index (χ3v) is 4.55. The van der Waals surface area contributed by atoms with Crippen LogP contribution in [0.15, 0.2) is 42.5 Å². The zero-order chi connectivity index (χ0) is 19.6. The number of hydrogen-bond acceptors (Lipinski definition) is 4. The summed E-state index contributed by atoms with van der Waals surface area (Å²) >= 11 is 0. The Kier molecular flexibility index (Phi) is 5.35. The van der Waals surface area contributed by atoms with Crippen molar-refractivity contribution in [3.8, 4) is 11.5 Å². The van der Waals surface area contributed by atoms with E-state index in [4.69, 9.17) is 9.47 Å². The molecule has 0 spiro atoms. The number of benzene rings is 2. The minimum atomic E-state index is -0.932. The summed E-state index contributed by atoms with van der Waals surface area (Å²) in [6, 6.07) is 12.4. The van der Waals surface area contributed by atoms with E-state index >= 15 is 0 Å². The van der Waals surface area contributed by atoms with E-state index < -0.39 is 11.9 Å². The summed E-state index contributed by atoms with van der Waals surface area (Å²) in [5, 5.41) is 9.58. The van der Waals surface area contributed by atoms with E-state index in [0.29, 0.717) is 23.6 Å². The first-order valence-corrected chi connectivity index (χ1v) is 8.85. The van der Waals surface area contributed by atoms with E-state index in [2.05, 4.69) is 0 Å². The molecule has 3 rings (SSSR count). The Morgan fingerprint density at radius 2 is 1.89 bits per heavy atom. The fraction of sp³-hybridized carbons (Fsp3) is 0.333. The van der Waals surface area contributed by atoms with Crippen LogP contribution in [0.5, 0.6) is 11.5 Å². The molecule has 6 heteroatoms. The van der Waals surface area contributed by atoms with Crippen molar-refractivity contribution in [1.82, 2.24) is 4.90 Å². The van der Waals surface area contributed by atoms with Crippen molar-refractivity contribution >= 4 is 11.9 Å². The third kappa shape index (κ3) is 3.89. The van der Waals surface area contributed by atoms with Crippen molar-refractivity contribution < 1.29 is 24.2 Å². The molecule has 0 fully saturated rings. The zero-order valence-corrected chi connectivity index (χ0v) is 15.6. The summed E-state index contributed by atoms with van der Waals surface area (Å²) in [5.74, 6) is -0.856. The van der Waals surface area contributed by atoms with E-state index in [1.54, 1.807) is 23.1 Å². The van der Waals surface area contributed by atoms with Crippen LogP contribution in [0.25, 0.3) is 0 Å². The predicted molar refractivity (Wildman–Crippen MR) is 100 cm³/mol. The summed E-state index contributed by atoms with van der Waals surface area (Å²) in [7, 11) is 1.52. The van der Waals surface area contributed by atoms with Crippen LogP contribution in [0.2, 0.25) is 0 Å².